The summed E-state index contributed by atoms with van der Waals surface area (Å²) in [5.74, 6) is 2.43. The average Bonchev–Trinajstić information content (AvgIpc) is 2.34. The summed E-state index contributed by atoms with van der Waals surface area (Å²) < 4.78 is 5.96. The lowest BCUT2D eigenvalue weighted by molar-refractivity contribution is -0.132. The Balaban J connectivity index is 2.48. The lowest BCUT2D eigenvalue weighted by atomic mass is 9.75. The van der Waals surface area contributed by atoms with Crippen LogP contribution in [0.4, 0.5) is 0 Å². The van der Waals surface area contributed by atoms with Gasteiger partial charge in [-0.25, -0.2) is 0 Å². The van der Waals surface area contributed by atoms with Crippen LogP contribution in [-0.4, -0.2) is 18.5 Å². The molecule has 0 aromatic carbocycles. The van der Waals surface area contributed by atoms with Crippen LogP contribution in [0.5, 0.6) is 0 Å². The smallest absolute Gasteiger partial charge is 0.161 e. The maximum Gasteiger partial charge on any atom is 0.161 e. The van der Waals surface area contributed by atoms with Gasteiger partial charge < -0.3 is 4.74 Å². The first kappa shape index (κ1) is 15.7. The first-order chi connectivity index (χ1) is 8.45. The summed E-state index contributed by atoms with van der Waals surface area (Å²) in [6.07, 6.45) is 4.89. The minimum absolute atomic E-state index is 0.142. The van der Waals surface area contributed by atoms with Crippen LogP contribution in [0.1, 0.15) is 60.3 Å². The van der Waals surface area contributed by atoms with Gasteiger partial charge in [-0.3, -0.25) is 4.79 Å². The fourth-order valence-corrected chi connectivity index (χ4v) is 2.87. The van der Waals surface area contributed by atoms with Crippen molar-refractivity contribution >= 4 is 5.78 Å². The van der Waals surface area contributed by atoms with Crippen LogP contribution in [0.2, 0.25) is 0 Å². The fourth-order valence-electron chi connectivity index (χ4n) is 2.87. The van der Waals surface area contributed by atoms with Crippen molar-refractivity contribution in [3.05, 3.63) is 0 Å². The number of Topliss-reactive ketones (excluding diaryl/α,β-unsaturated/α-hetero) is 1. The molecule has 4 unspecified atom stereocenters. The van der Waals surface area contributed by atoms with Crippen molar-refractivity contribution in [2.24, 2.45) is 23.7 Å². The molecule has 0 N–H and O–H groups in total. The molecule has 1 aliphatic rings. The highest BCUT2D eigenvalue weighted by atomic mass is 16.5. The first-order valence-corrected chi connectivity index (χ1v) is 7.60. The second-order valence-corrected chi connectivity index (χ2v) is 6.45. The van der Waals surface area contributed by atoms with Crippen LogP contribution < -0.4 is 0 Å². The molecule has 2 nitrogen and oxygen atoms in total. The second-order valence-electron chi connectivity index (χ2n) is 6.45. The SMILES string of the molecule is CCC(C)C(=O)COC1CC(C)CCC1C(C)C. The summed E-state index contributed by atoms with van der Waals surface area (Å²) in [4.78, 5) is 11.8. The standard InChI is InChI=1S/C16H30O2/c1-6-13(5)15(17)10-18-16-9-12(4)7-8-14(16)11(2)3/h11-14,16H,6-10H2,1-5H3. The highest BCUT2D eigenvalue weighted by Crippen LogP contribution is 2.35. The minimum Gasteiger partial charge on any atom is -0.370 e. The molecule has 0 bridgehead atoms. The number of ether oxygens (including phenoxy) is 1. The summed E-state index contributed by atoms with van der Waals surface area (Å²) >= 11 is 0. The van der Waals surface area contributed by atoms with Crippen LogP contribution in [0.15, 0.2) is 0 Å². The number of hydrogen-bond donors (Lipinski definition) is 0. The summed E-state index contributed by atoms with van der Waals surface area (Å²) in [5.41, 5.74) is 0. The van der Waals surface area contributed by atoms with Crippen LogP contribution in [-0.2, 0) is 9.53 Å². The van der Waals surface area contributed by atoms with Gasteiger partial charge in [0.05, 0.1) is 6.10 Å². The molecule has 1 saturated carbocycles. The van der Waals surface area contributed by atoms with Crippen molar-refractivity contribution in [1.29, 1.82) is 0 Å². The largest absolute Gasteiger partial charge is 0.370 e. The zero-order chi connectivity index (χ0) is 13.7. The van der Waals surface area contributed by atoms with E-state index in [0.29, 0.717) is 24.5 Å². The zero-order valence-corrected chi connectivity index (χ0v) is 12.7. The maximum atomic E-state index is 11.8. The molecule has 2 heteroatoms. The zero-order valence-electron chi connectivity index (χ0n) is 12.7. The molecule has 106 valence electrons. The van der Waals surface area contributed by atoms with Gasteiger partial charge in [-0.2, -0.15) is 0 Å². The molecule has 0 saturated heterocycles. The van der Waals surface area contributed by atoms with E-state index in [4.69, 9.17) is 4.74 Å². The molecule has 18 heavy (non-hydrogen) atoms. The number of carbonyl (C=O) groups excluding carboxylic acids is 1. The quantitative estimate of drug-likeness (QED) is 0.714. The summed E-state index contributed by atoms with van der Waals surface area (Å²) in [5, 5.41) is 0. The monoisotopic (exact) mass is 254 g/mol. The maximum absolute atomic E-state index is 11.8. The predicted octanol–water partition coefficient (Wildman–Crippen LogP) is 4.08. The van der Waals surface area contributed by atoms with Gasteiger partial charge in [-0.05, 0) is 37.0 Å². The molecular formula is C16H30O2. The second kappa shape index (κ2) is 7.28. The molecule has 1 fully saturated rings. The van der Waals surface area contributed by atoms with Crippen LogP contribution in [0.25, 0.3) is 0 Å². The Morgan fingerprint density at radius 1 is 1.28 bits per heavy atom. The number of ketones is 1. The topological polar surface area (TPSA) is 26.3 Å². The molecule has 0 aliphatic heterocycles. The Hall–Kier alpha value is -0.370. The molecule has 0 spiro atoms. The normalized spacial score (nSPS) is 30.4. The van der Waals surface area contributed by atoms with Crippen molar-refractivity contribution < 1.29 is 9.53 Å². The van der Waals surface area contributed by atoms with Crippen molar-refractivity contribution in [2.75, 3.05) is 6.61 Å². The third-order valence-corrected chi connectivity index (χ3v) is 4.56. The number of hydrogen-bond acceptors (Lipinski definition) is 2. The number of rotatable bonds is 6. The Bertz CT molecular complexity index is 260. The van der Waals surface area contributed by atoms with E-state index in [1.54, 1.807) is 0 Å². The molecule has 1 aliphatic carbocycles. The van der Waals surface area contributed by atoms with E-state index in [0.717, 1.165) is 18.8 Å². The van der Waals surface area contributed by atoms with Gasteiger partial charge in [0.1, 0.15) is 6.61 Å². The Morgan fingerprint density at radius 2 is 1.94 bits per heavy atom. The third kappa shape index (κ3) is 4.38. The van der Waals surface area contributed by atoms with Crippen molar-refractivity contribution in [1.82, 2.24) is 0 Å². The predicted molar refractivity (Wildman–Crippen MR) is 75.5 cm³/mol. The van der Waals surface area contributed by atoms with E-state index >= 15 is 0 Å². The molecule has 0 aromatic heterocycles. The Kier molecular flexibility index (Phi) is 6.34. The van der Waals surface area contributed by atoms with Crippen LogP contribution in [0.3, 0.4) is 0 Å². The minimum atomic E-state index is 0.142. The first-order valence-electron chi connectivity index (χ1n) is 7.60. The summed E-state index contributed by atoms with van der Waals surface area (Å²) in [6, 6.07) is 0. The molecular weight excluding hydrogens is 224 g/mol. The van der Waals surface area contributed by atoms with Gasteiger partial charge in [0.25, 0.3) is 0 Å². The van der Waals surface area contributed by atoms with Crippen molar-refractivity contribution in [2.45, 2.75) is 66.4 Å². The van der Waals surface area contributed by atoms with Gasteiger partial charge in [-0.1, -0.05) is 41.0 Å². The molecule has 0 aromatic rings. The van der Waals surface area contributed by atoms with E-state index in [9.17, 15) is 4.79 Å². The van der Waals surface area contributed by atoms with Crippen LogP contribution in [0, 0.1) is 23.7 Å². The lowest BCUT2D eigenvalue weighted by Gasteiger charge is -2.37. The van der Waals surface area contributed by atoms with Gasteiger partial charge in [-0.15, -0.1) is 0 Å². The molecule has 0 radical (unpaired) electrons. The molecule has 4 atom stereocenters. The van der Waals surface area contributed by atoms with E-state index in [1.165, 1.54) is 12.8 Å². The summed E-state index contributed by atoms with van der Waals surface area (Å²) in [7, 11) is 0. The Labute approximate surface area is 112 Å². The van der Waals surface area contributed by atoms with Gasteiger partial charge in [0.2, 0.25) is 0 Å². The fraction of sp³-hybridized carbons (Fsp3) is 0.938. The third-order valence-electron chi connectivity index (χ3n) is 4.56. The molecule has 0 amide bonds. The van der Waals surface area contributed by atoms with Gasteiger partial charge >= 0.3 is 0 Å². The number of carbonyl (C=O) groups is 1. The van der Waals surface area contributed by atoms with E-state index in [-0.39, 0.29) is 11.7 Å². The van der Waals surface area contributed by atoms with E-state index in [2.05, 4.69) is 27.7 Å². The molecule has 1 rings (SSSR count). The van der Waals surface area contributed by atoms with E-state index in [1.807, 2.05) is 6.92 Å². The summed E-state index contributed by atoms with van der Waals surface area (Å²) in [6.45, 7) is 11.2. The van der Waals surface area contributed by atoms with Crippen LogP contribution >= 0.6 is 0 Å². The highest BCUT2D eigenvalue weighted by molar-refractivity contribution is 5.81. The highest BCUT2D eigenvalue weighted by Gasteiger charge is 2.31. The van der Waals surface area contributed by atoms with Crippen molar-refractivity contribution in [3.63, 3.8) is 0 Å². The van der Waals surface area contributed by atoms with E-state index < -0.39 is 0 Å². The Morgan fingerprint density at radius 3 is 2.50 bits per heavy atom. The van der Waals surface area contributed by atoms with Gasteiger partial charge in [0, 0.05) is 5.92 Å². The molecule has 0 heterocycles. The average molecular weight is 254 g/mol. The lowest BCUT2D eigenvalue weighted by Crippen LogP contribution is -2.36. The van der Waals surface area contributed by atoms with Gasteiger partial charge in [0.15, 0.2) is 5.78 Å². The van der Waals surface area contributed by atoms with Crippen molar-refractivity contribution in [3.8, 4) is 0 Å².